The maximum Gasteiger partial charge on any atom is 0.242 e. The molecule has 3 fully saturated rings. The Morgan fingerprint density at radius 1 is 1.17 bits per heavy atom. The smallest absolute Gasteiger partial charge is 0.242 e. The van der Waals surface area contributed by atoms with Crippen LogP contribution in [0.25, 0.3) is 0 Å². The van der Waals surface area contributed by atoms with Gasteiger partial charge < -0.3 is 15.5 Å². The second kappa shape index (κ2) is 7.13. The molecule has 1 aliphatic heterocycles. The molecule has 0 unspecified atom stereocenters. The Balaban J connectivity index is 1.88. The van der Waals surface area contributed by atoms with Crippen LogP contribution >= 0.6 is 0 Å². The average Bonchev–Trinajstić information content (AvgIpc) is 3.05. The molecule has 0 radical (unpaired) electrons. The van der Waals surface area contributed by atoms with E-state index in [9.17, 15) is 24.6 Å². The highest BCUT2D eigenvalue weighted by Crippen LogP contribution is 2.65. The van der Waals surface area contributed by atoms with Crippen molar-refractivity contribution in [3.05, 3.63) is 24.3 Å². The molecule has 0 aromatic heterocycles. The van der Waals surface area contributed by atoms with Crippen molar-refractivity contribution in [2.45, 2.75) is 65.2 Å². The fraction of sp³-hybridized carbons (Fsp3) is 0.708. The van der Waals surface area contributed by atoms with Gasteiger partial charge in [0.15, 0.2) is 17.0 Å². The molecule has 1 saturated heterocycles. The topological polar surface area (TPSA) is 104 Å². The van der Waals surface area contributed by atoms with Crippen LogP contribution in [0.2, 0.25) is 0 Å². The number of carbonyl (C=O) groups is 3. The third-order valence-corrected chi connectivity index (χ3v) is 8.32. The largest absolute Gasteiger partial charge is 0.391 e. The molecule has 0 aromatic carbocycles. The van der Waals surface area contributed by atoms with Crippen LogP contribution in [0.3, 0.4) is 0 Å². The number of allylic oxidation sites excluding steroid dienone is 3. The summed E-state index contributed by atoms with van der Waals surface area (Å²) in [6, 6.07) is -1.08. The van der Waals surface area contributed by atoms with E-state index in [0.29, 0.717) is 5.92 Å². The molecule has 0 aromatic rings. The predicted molar refractivity (Wildman–Crippen MR) is 111 cm³/mol. The molecule has 6 nitrogen and oxygen atoms in total. The third kappa shape index (κ3) is 2.65. The first-order chi connectivity index (χ1) is 14.1. The third-order valence-electron chi connectivity index (χ3n) is 8.32. The molecule has 4 rings (SSSR count). The fourth-order valence-corrected chi connectivity index (χ4v) is 6.84. The summed E-state index contributed by atoms with van der Waals surface area (Å²) in [6.45, 7) is 7.22. The molecule has 164 valence electrons. The molecular formula is C24H33NO5. The number of aliphatic hydroxyl groups excluding tert-OH is 2. The zero-order valence-corrected chi connectivity index (χ0v) is 18.2. The molecule has 6 heteroatoms. The molecule has 4 aliphatic rings. The summed E-state index contributed by atoms with van der Waals surface area (Å²) in [5.74, 6) is -1.46. The van der Waals surface area contributed by atoms with Crippen molar-refractivity contribution >= 4 is 17.5 Å². The zero-order chi connectivity index (χ0) is 22.0. The Morgan fingerprint density at radius 2 is 1.87 bits per heavy atom. The van der Waals surface area contributed by atoms with E-state index in [2.05, 4.69) is 18.3 Å². The van der Waals surface area contributed by atoms with Gasteiger partial charge in [-0.15, -0.1) is 0 Å². The molecule has 1 amide bonds. The van der Waals surface area contributed by atoms with Crippen LogP contribution in [-0.2, 0) is 14.4 Å². The molecule has 30 heavy (non-hydrogen) atoms. The zero-order valence-electron chi connectivity index (χ0n) is 18.2. The second-order valence-corrected chi connectivity index (χ2v) is 10.2. The van der Waals surface area contributed by atoms with Crippen molar-refractivity contribution < 1.29 is 24.6 Å². The SMILES string of the molecule is C[C@@H]1CC[C@@H]2[C@H](C=C[C@H]3[C@H](C=C[C@@H](C)O)[C@@]4(C(=O)N[C@H]([C@@H](C)O)C4=O)C(=O)[C@@]23C)C1. The Labute approximate surface area is 177 Å². The Kier molecular flexibility index (Phi) is 5.09. The molecule has 3 aliphatic carbocycles. The van der Waals surface area contributed by atoms with E-state index in [-0.39, 0.29) is 23.5 Å². The Bertz CT molecular complexity index is 829. The van der Waals surface area contributed by atoms with Crippen LogP contribution in [0.5, 0.6) is 0 Å². The first-order valence-electron chi connectivity index (χ1n) is 11.2. The number of rotatable bonds is 3. The summed E-state index contributed by atoms with van der Waals surface area (Å²) in [7, 11) is 0. The summed E-state index contributed by atoms with van der Waals surface area (Å²) in [5, 5.41) is 22.5. The lowest BCUT2D eigenvalue weighted by molar-refractivity contribution is -0.149. The van der Waals surface area contributed by atoms with Crippen LogP contribution in [0.4, 0.5) is 0 Å². The first-order valence-corrected chi connectivity index (χ1v) is 11.2. The van der Waals surface area contributed by atoms with Gasteiger partial charge in [0, 0.05) is 11.3 Å². The van der Waals surface area contributed by atoms with Gasteiger partial charge in [-0.2, -0.15) is 0 Å². The highest BCUT2D eigenvalue weighted by Gasteiger charge is 2.76. The van der Waals surface area contributed by atoms with Crippen molar-refractivity contribution in [2.24, 2.45) is 40.4 Å². The number of amides is 1. The van der Waals surface area contributed by atoms with Crippen molar-refractivity contribution in [1.82, 2.24) is 5.32 Å². The van der Waals surface area contributed by atoms with E-state index in [1.165, 1.54) is 6.92 Å². The quantitative estimate of drug-likeness (QED) is 0.482. The van der Waals surface area contributed by atoms with Crippen molar-refractivity contribution in [2.75, 3.05) is 0 Å². The molecule has 1 heterocycles. The molecular weight excluding hydrogens is 382 g/mol. The monoisotopic (exact) mass is 415 g/mol. The van der Waals surface area contributed by atoms with Gasteiger partial charge in [0.2, 0.25) is 5.91 Å². The molecule has 1 spiro atoms. The van der Waals surface area contributed by atoms with Crippen LogP contribution < -0.4 is 5.32 Å². The van der Waals surface area contributed by atoms with Gasteiger partial charge in [-0.1, -0.05) is 44.6 Å². The minimum Gasteiger partial charge on any atom is -0.391 e. The van der Waals surface area contributed by atoms with Gasteiger partial charge in [-0.3, -0.25) is 14.4 Å². The van der Waals surface area contributed by atoms with Crippen LogP contribution in [0.15, 0.2) is 24.3 Å². The van der Waals surface area contributed by atoms with E-state index < -0.39 is 46.7 Å². The minimum atomic E-state index is -1.84. The number of carbonyl (C=O) groups excluding carboxylic acids is 3. The van der Waals surface area contributed by atoms with Crippen molar-refractivity contribution in [1.29, 1.82) is 0 Å². The van der Waals surface area contributed by atoms with E-state index in [1.54, 1.807) is 19.1 Å². The number of nitrogens with one attached hydrogen (secondary N) is 1. The van der Waals surface area contributed by atoms with Gasteiger partial charge >= 0.3 is 0 Å². The summed E-state index contributed by atoms with van der Waals surface area (Å²) >= 11 is 0. The van der Waals surface area contributed by atoms with Gasteiger partial charge in [0.25, 0.3) is 0 Å². The number of hydrogen-bond donors (Lipinski definition) is 3. The number of Topliss-reactive ketones (excluding diaryl/α,β-unsaturated/α-hetero) is 2. The van der Waals surface area contributed by atoms with Gasteiger partial charge in [-0.05, 0) is 50.4 Å². The lowest BCUT2D eigenvalue weighted by Gasteiger charge is -2.48. The summed E-state index contributed by atoms with van der Waals surface area (Å²) in [4.78, 5) is 41.0. The number of ketones is 2. The van der Waals surface area contributed by atoms with E-state index in [1.807, 2.05) is 13.0 Å². The Hall–Kier alpha value is -1.79. The van der Waals surface area contributed by atoms with Crippen LogP contribution in [0.1, 0.15) is 47.0 Å². The molecule has 2 saturated carbocycles. The van der Waals surface area contributed by atoms with Crippen LogP contribution in [0, 0.1) is 40.4 Å². The predicted octanol–water partition coefficient (Wildman–Crippen LogP) is 1.80. The molecule has 0 bridgehead atoms. The second-order valence-electron chi connectivity index (χ2n) is 10.2. The summed E-state index contributed by atoms with van der Waals surface area (Å²) < 4.78 is 0. The van der Waals surface area contributed by atoms with E-state index >= 15 is 0 Å². The summed E-state index contributed by atoms with van der Waals surface area (Å²) in [5.41, 5.74) is -2.66. The number of aliphatic hydroxyl groups is 2. The Morgan fingerprint density at radius 3 is 2.47 bits per heavy atom. The van der Waals surface area contributed by atoms with Crippen molar-refractivity contribution in [3.63, 3.8) is 0 Å². The van der Waals surface area contributed by atoms with Crippen molar-refractivity contribution in [3.8, 4) is 0 Å². The first kappa shape index (κ1) is 21.4. The maximum absolute atomic E-state index is 14.2. The lowest BCUT2D eigenvalue weighted by Crippen LogP contribution is -2.50. The van der Waals surface area contributed by atoms with Gasteiger partial charge in [0.1, 0.15) is 6.04 Å². The van der Waals surface area contributed by atoms with E-state index in [0.717, 1.165) is 19.3 Å². The van der Waals surface area contributed by atoms with Crippen LogP contribution in [-0.4, -0.2) is 45.9 Å². The maximum atomic E-state index is 14.2. The van der Waals surface area contributed by atoms with Gasteiger partial charge in [-0.25, -0.2) is 0 Å². The average molecular weight is 416 g/mol. The highest BCUT2D eigenvalue weighted by atomic mass is 16.3. The summed E-state index contributed by atoms with van der Waals surface area (Å²) in [6.07, 6.45) is 8.58. The molecule has 10 atom stereocenters. The normalized spacial score (nSPS) is 47.5. The number of fused-ring (bicyclic) bond motifs is 3. The lowest BCUT2D eigenvalue weighted by atomic mass is 9.55. The molecule has 3 N–H and O–H groups in total. The van der Waals surface area contributed by atoms with Gasteiger partial charge in [0.05, 0.1) is 12.2 Å². The van der Waals surface area contributed by atoms with E-state index in [4.69, 9.17) is 0 Å². The highest BCUT2D eigenvalue weighted by molar-refractivity contribution is 6.32. The fourth-order valence-electron chi connectivity index (χ4n) is 6.84. The standard InChI is InChI=1S/C24H33NO5/c1-12-5-8-16-15(11-12)7-10-17-18(9-6-13(2)26)24(21(29)23(16,17)4)20(28)19(14(3)27)25-22(24)30/h6-7,9-10,12-19,26-27H,5,8,11H2,1-4H3,(H,25,30)/t12-,13-,14-,15-,16-,17+,18+,19-,23+,24+/m1/s1. The minimum absolute atomic E-state index is 0.0872. The number of hydrogen-bond acceptors (Lipinski definition) is 5.